The van der Waals surface area contributed by atoms with Gasteiger partial charge in [0.1, 0.15) is 6.07 Å². The maximum Gasteiger partial charge on any atom is 0.102 e. The van der Waals surface area contributed by atoms with Gasteiger partial charge in [-0.25, -0.2) is 0 Å². The van der Waals surface area contributed by atoms with E-state index in [0.717, 1.165) is 82.8 Å². The van der Waals surface area contributed by atoms with Crippen molar-refractivity contribution in [3.05, 3.63) is 187 Å². The summed E-state index contributed by atoms with van der Waals surface area (Å²) in [5, 5.41) is 27.6. The number of hydrogen-bond acceptors (Lipinski definition) is 2. The van der Waals surface area contributed by atoms with Gasteiger partial charge in [-0.3, -0.25) is 0 Å². The van der Waals surface area contributed by atoms with Gasteiger partial charge in [-0.15, -0.1) is 0 Å². The van der Waals surface area contributed by atoms with Crippen LogP contribution in [0.3, 0.4) is 0 Å². The van der Waals surface area contributed by atoms with E-state index in [9.17, 15) is 10.5 Å². The molecule has 11 aromatic rings. The average Bonchev–Trinajstić information content (AvgIpc) is 3.89. The first-order chi connectivity index (χ1) is 27.2. The second-order valence-electron chi connectivity index (χ2n) is 13.9. The summed E-state index contributed by atoms with van der Waals surface area (Å²) >= 11 is 0. The molecular formula is C50H29N5. The summed E-state index contributed by atoms with van der Waals surface area (Å²) in [5.41, 5.74) is 12.4. The van der Waals surface area contributed by atoms with E-state index in [1.165, 1.54) is 10.8 Å². The highest BCUT2D eigenvalue weighted by Crippen LogP contribution is 2.41. The van der Waals surface area contributed by atoms with Crippen LogP contribution < -0.4 is 0 Å². The molecule has 0 spiro atoms. The van der Waals surface area contributed by atoms with Crippen LogP contribution in [0, 0.1) is 22.7 Å². The van der Waals surface area contributed by atoms with Gasteiger partial charge in [-0.1, -0.05) is 109 Å². The van der Waals surface area contributed by atoms with Crippen molar-refractivity contribution in [2.24, 2.45) is 0 Å². The first-order valence-electron chi connectivity index (χ1n) is 18.3. The molecular weight excluding hydrogens is 671 g/mol. The molecule has 0 fully saturated rings. The first kappa shape index (κ1) is 30.7. The maximum absolute atomic E-state index is 10.9. The molecule has 0 bridgehead atoms. The molecule has 254 valence electrons. The molecule has 11 rings (SSSR count). The minimum absolute atomic E-state index is 0.607. The lowest BCUT2D eigenvalue weighted by molar-refractivity contribution is 1.16. The largest absolute Gasteiger partial charge is 0.309 e. The van der Waals surface area contributed by atoms with E-state index < -0.39 is 0 Å². The minimum atomic E-state index is 0.607. The predicted octanol–water partition coefficient (Wildman–Crippen LogP) is 12.4. The zero-order valence-corrected chi connectivity index (χ0v) is 29.5. The van der Waals surface area contributed by atoms with Gasteiger partial charge in [-0.05, 0) is 72.3 Å². The van der Waals surface area contributed by atoms with Crippen LogP contribution in [0.2, 0.25) is 0 Å². The Balaban J connectivity index is 1.11. The van der Waals surface area contributed by atoms with E-state index in [1.54, 1.807) is 0 Å². The van der Waals surface area contributed by atoms with Gasteiger partial charge >= 0.3 is 0 Å². The van der Waals surface area contributed by atoms with Crippen LogP contribution in [0.5, 0.6) is 0 Å². The molecule has 0 saturated carbocycles. The Hall–Kier alpha value is -7.86. The second kappa shape index (κ2) is 11.8. The third kappa shape index (κ3) is 4.39. The van der Waals surface area contributed by atoms with Crippen molar-refractivity contribution in [3.63, 3.8) is 0 Å². The van der Waals surface area contributed by atoms with Gasteiger partial charge in [0, 0.05) is 43.6 Å². The van der Waals surface area contributed by atoms with Crippen LogP contribution in [0.15, 0.2) is 176 Å². The highest BCUT2D eigenvalue weighted by atomic mass is 15.0. The molecule has 3 aromatic heterocycles. The molecule has 5 heteroatoms. The molecule has 0 amide bonds. The number of fused-ring (bicyclic) bond motifs is 9. The van der Waals surface area contributed by atoms with Crippen molar-refractivity contribution < 1.29 is 0 Å². The fraction of sp³-hybridized carbons (Fsp3) is 0. The fourth-order valence-electron chi connectivity index (χ4n) is 8.82. The van der Waals surface area contributed by atoms with Crippen LogP contribution in [0.1, 0.15) is 11.1 Å². The topological polar surface area (TPSA) is 62.4 Å². The summed E-state index contributed by atoms with van der Waals surface area (Å²) in [5.74, 6) is 0. The Bertz CT molecular complexity index is 3400. The normalized spacial score (nSPS) is 11.6. The monoisotopic (exact) mass is 699 g/mol. The second-order valence-corrected chi connectivity index (χ2v) is 13.9. The Labute approximate surface area is 316 Å². The van der Waals surface area contributed by atoms with Crippen molar-refractivity contribution in [1.29, 1.82) is 10.5 Å². The molecule has 0 radical (unpaired) electrons. The highest BCUT2D eigenvalue weighted by Gasteiger charge is 2.22. The molecule has 0 aliphatic heterocycles. The molecule has 0 saturated heterocycles. The van der Waals surface area contributed by atoms with E-state index in [0.29, 0.717) is 11.1 Å². The zero-order valence-electron chi connectivity index (χ0n) is 29.5. The first-order valence-corrected chi connectivity index (χ1v) is 18.3. The Morgan fingerprint density at radius 1 is 0.364 bits per heavy atom. The number of nitrogens with zero attached hydrogens (tertiary/aromatic N) is 5. The van der Waals surface area contributed by atoms with E-state index in [1.807, 2.05) is 42.5 Å². The number of hydrogen-bond donors (Lipinski definition) is 0. The predicted molar refractivity (Wildman–Crippen MR) is 224 cm³/mol. The molecule has 0 aliphatic rings. The lowest BCUT2D eigenvalue weighted by Gasteiger charge is -2.15. The van der Waals surface area contributed by atoms with Gasteiger partial charge in [0.15, 0.2) is 0 Å². The highest BCUT2D eigenvalue weighted by molar-refractivity contribution is 6.16. The smallest absolute Gasteiger partial charge is 0.102 e. The lowest BCUT2D eigenvalue weighted by Crippen LogP contribution is -2.00. The summed E-state index contributed by atoms with van der Waals surface area (Å²) in [4.78, 5) is 0. The number of para-hydroxylation sites is 4. The van der Waals surface area contributed by atoms with Crippen molar-refractivity contribution in [3.8, 4) is 40.3 Å². The lowest BCUT2D eigenvalue weighted by atomic mass is 9.98. The summed E-state index contributed by atoms with van der Waals surface area (Å²) in [6, 6.07) is 65.8. The van der Waals surface area contributed by atoms with Crippen molar-refractivity contribution in [1.82, 2.24) is 13.7 Å². The summed E-state index contributed by atoms with van der Waals surface area (Å²) in [7, 11) is 0. The number of rotatable bonds is 4. The van der Waals surface area contributed by atoms with E-state index in [2.05, 4.69) is 159 Å². The van der Waals surface area contributed by atoms with Crippen LogP contribution in [-0.2, 0) is 0 Å². The standard InChI is InChI=1S/C50H29N5/c51-30-32-23-28-39-38-13-1-5-16-42(38)53(49(39)29-32)34-26-24-33(25-27-34)35-15-9-20-46(41(35)31-52)55-45-19-8-4-14-40(45)50-47(21-10-22-48(50)55)54-43-17-6-2-11-36(43)37-12-3-7-18-44(37)54/h1-29H. The number of aromatic nitrogens is 3. The Morgan fingerprint density at radius 2 is 0.873 bits per heavy atom. The maximum atomic E-state index is 10.9. The molecule has 8 aromatic carbocycles. The van der Waals surface area contributed by atoms with Crippen molar-refractivity contribution in [2.45, 2.75) is 0 Å². The van der Waals surface area contributed by atoms with Crippen LogP contribution in [0.25, 0.3) is 93.6 Å². The Kier molecular flexibility index (Phi) is 6.61. The summed E-state index contributed by atoms with van der Waals surface area (Å²) < 4.78 is 6.85. The van der Waals surface area contributed by atoms with Gasteiger partial charge in [-0.2, -0.15) is 10.5 Å². The quantitative estimate of drug-likeness (QED) is 0.184. The van der Waals surface area contributed by atoms with Crippen molar-refractivity contribution in [2.75, 3.05) is 0 Å². The van der Waals surface area contributed by atoms with E-state index in [4.69, 9.17) is 0 Å². The van der Waals surface area contributed by atoms with E-state index in [-0.39, 0.29) is 0 Å². The number of nitriles is 2. The van der Waals surface area contributed by atoms with Gasteiger partial charge in [0.05, 0.1) is 61.7 Å². The van der Waals surface area contributed by atoms with Crippen molar-refractivity contribution >= 4 is 65.4 Å². The van der Waals surface area contributed by atoms with Crippen LogP contribution >= 0.6 is 0 Å². The summed E-state index contributed by atoms with van der Waals surface area (Å²) in [6.45, 7) is 0. The van der Waals surface area contributed by atoms with Gasteiger partial charge < -0.3 is 13.7 Å². The Morgan fingerprint density at radius 3 is 1.51 bits per heavy atom. The molecule has 0 atom stereocenters. The molecule has 5 nitrogen and oxygen atoms in total. The van der Waals surface area contributed by atoms with Gasteiger partial charge in [0.25, 0.3) is 0 Å². The van der Waals surface area contributed by atoms with E-state index >= 15 is 0 Å². The molecule has 3 heterocycles. The van der Waals surface area contributed by atoms with Crippen LogP contribution in [0.4, 0.5) is 0 Å². The molecule has 0 N–H and O–H groups in total. The number of benzene rings is 8. The molecule has 0 unspecified atom stereocenters. The SMILES string of the molecule is N#Cc1ccc2c3ccccc3n(-c3ccc(-c4cccc(-n5c6ccccc6c6c(-n7c8ccccc8c8ccccc87)cccc65)c4C#N)cc3)c2c1. The zero-order chi connectivity index (χ0) is 36.6. The third-order valence-electron chi connectivity index (χ3n) is 11.1. The third-order valence-corrected chi connectivity index (χ3v) is 11.1. The minimum Gasteiger partial charge on any atom is -0.309 e. The molecule has 0 aliphatic carbocycles. The van der Waals surface area contributed by atoms with Gasteiger partial charge in [0.2, 0.25) is 0 Å². The average molecular weight is 700 g/mol. The van der Waals surface area contributed by atoms with Crippen LogP contribution in [-0.4, -0.2) is 13.7 Å². The fourth-order valence-corrected chi connectivity index (χ4v) is 8.82. The summed E-state index contributed by atoms with van der Waals surface area (Å²) in [6.07, 6.45) is 0. The molecule has 55 heavy (non-hydrogen) atoms.